The van der Waals surface area contributed by atoms with E-state index in [1.54, 1.807) is 18.3 Å². The molecule has 0 amide bonds. The Kier molecular flexibility index (Phi) is 7.19. The highest BCUT2D eigenvalue weighted by Crippen LogP contribution is 2.23. The van der Waals surface area contributed by atoms with Gasteiger partial charge in [0.05, 0.1) is 32.1 Å². The fourth-order valence-corrected chi connectivity index (χ4v) is 3.33. The van der Waals surface area contributed by atoms with Crippen LogP contribution < -0.4 is 9.64 Å². The lowest BCUT2D eigenvalue weighted by molar-refractivity contribution is 0.122. The van der Waals surface area contributed by atoms with E-state index in [2.05, 4.69) is 36.1 Å². The summed E-state index contributed by atoms with van der Waals surface area (Å²) in [5, 5.41) is 18.5. The van der Waals surface area contributed by atoms with Crippen molar-refractivity contribution in [3.63, 3.8) is 0 Å². The van der Waals surface area contributed by atoms with Crippen molar-refractivity contribution < 1.29 is 14.6 Å². The molecule has 0 spiro atoms. The molecule has 1 aliphatic rings. The lowest BCUT2D eigenvalue weighted by Gasteiger charge is -2.27. The lowest BCUT2D eigenvalue weighted by Crippen LogP contribution is -2.36. The first-order valence-corrected chi connectivity index (χ1v) is 10.6. The van der Waals surface area contributed by atoms with Crippen molar-refractivity contribution in [2.75, 3.05) is 37.8 Å². The van der Waals surface area contributed by atoms with E-state index in [0.29, 0.717) is 37.7 Å². The summed E-state index contributed by atoms with van der Waals surface area (Å²) in [7, 11) is 0. The number of hydrogen-bond donors (Lipinski definition) is 1. The molecule has 0 unspecified atom stereocenters. The summed E-state index contributed by atoms with van der Waals surface area (Å²) in [6.45, 7) is 5.54. The monoisotopic (exact) mass is 434 g/mol. The molecule has 4 rings (SSSR count). The Morgan fingerprint density at radius 2 is 2.00 bits per heavy atom. The highest BCUT2D eigenvalue weighted by molar-refractivity contribution is 5.47. The summed E-state index contributed by atoms with van der Waals surface area (Å²) in [5.74, 6) is 1.30. The number of ether oxygens (including phenoxy) is 2. The van der Waals surface area contributed by atoms with Crippen LogP contribution in [-0.2, 0) is 17.7 Å². The van der Waals surface area contributed by atoms with Crippen LogP contribution in [0.3, 0.4) is 0 Å². The Bertz CT molecular complexity index is 1070. The molecule has 0 saturated carbocycles. The minimum absolute atomic E-state index is 0.143. The summed E-state index contributed by atoms with van der Waals surface area (Å²) in [6.07, 6.45) is 2.07. The van der Waals surface area contributed by atoms with Gasteiger partial charge in [0.2, 0.25) is 0 Å². The molecule has 0 bridgehead atoms. The van der Waals surface area contributed by atoms with E-state index in [1.165, 1.54) is 5.56 Å². The quantitative estimate of drug-likeness (QED) is 0.540. The zero-order valence-corrected chi connectivity index (χ0v) is 18.0. The third-order valence-electron chi connectivity index (χ3n) is 4.96. The molecule has 0 radical (unpaired) electrons. The molecular formula is C23H26N6O3. The number of morpholine rings is 1. The number of benzene rings is 1. The molecule has 1 aromatic carbocycles. The summed E-state index contributed by atoms with van der Waals surface area (Å²) in [6, 6.07) is 13.5. The molecule has 0 aliphatic carbocycles. The maximum atomic E-state index is 9.88. The van der Waals surface area contributed by atoms with Crippen LogP contribution in [0.5, 0.6) is 11.8 Å². The molecule has 1 N–H and O–H groups in total. The fourth-order valence-electron chi connectivity index (χ4n) is 3.33. The van der Waals surface area contributed by atoms with Crippen LogP contribution >= 0.6 is 0 Å². The second kappa shape index (κ2) is 10.6. The van der Waals surface area contributed by atoms with Crippen molar-refractivity contribution in [1.82, 2.24) is 15.0 Å². The summed E-state index contributed by atoms with van der Waals surface area (Å²) >= 11 is 0. The molecule has 1 saturated heterocycles. The molecule has 9 heteroatoms. The number of anilines is 1. The molecule has 166 valence electrons. The summed E-state index contributed by atoms with van der Waals surface area (Å²) in [5.41, 5.74) is 2.83. The van der Waals surface area contributed by atoms with Gasteiger partial charge < -0.3 is 19.5 Å². The van der Waals surface area contributed by atoms with E-state index in [9.17, 15) is 5.11 Å². The predicted molar refractivity (Wildman–Crippen MR) is 120 cm³/mol. The number of nitrogens with zero attached hydrogens (tertiary/aromatic N) is 6. The molecule has 9 nitrogen and oxygen atoms in total. The Balaban J connectivity index is 1.48. The van der Waals surface area contributed by atoms with E-state index in [0.717, 1.165) is 24.5 Å². The Morgan fingerprint density at radius 3 is 2.81 bits per heavy atom. The second-order valence-electron chi connectivity index (χ2n) is 7.42. The number of hydrogen-bond acceptors (Lipinski definition) is 9. The minimum atomic E-state index is 0.143. The van der Waals surface area contributed by atoms with E-state index in [-0.39, 0.29) is 18.4 Å². The summed E-state index contributed by atoms with van der Waals surface area (Å²) < 4.78 is 11.2. The maximum Gasteiger partial charge on any atom is 0.320 e. The molecule has 1 aliphatic heterocycles. The molecule has 32 heavy (non-hydrogen) atoms. The van der Waals surface area contributed by atoms with Gasteiger partial charge in [-0.3, -0.25) is 4.98 Å². The van der Waals surface area contributed by atoms with Gasteiger partial charge in [-0.2, -0.15) is 15.1 Å². The molecule has 2 aromatic heterocycles. The van der Waals surface area contributed by atoms with Crippen LogP contribution in [0.4, 0.5) is 11.6 Å². The number of aromatic hydroxyl groups is 1. The summed E-state index contributed by atoms with van der Waals surface area (Å²) in [4.78, 5) is 15.2. The van der Waals surface area contributed by atoms with Crippen molar-refractivity contribution in [3.8, 4) is 11.8 Å². The Hall–Kier alpha value is -3.59. The first-order valence-electron chi connectivity index (χ1n) is 10.6. The maximum absolute atomic E-state index is 9.88. The third kappa shape index (κ3) is 5.98. The number of azo groups is 1. The van der Waals surface area contributed by atoms with Gasteiger partial charge in [-0.25, -0.2) is 0 Å². The Morgan fingerprint density at radius 1 is 1.12 bits per heavy atom. The number of pyridine rings is 1. The fraction of sp³-hybridized carbons (Fsp3) is 0.348. The van der Waals surface area contributed by atoms with Gasteiger partial charge in [-0.15, -0.1) is 5.11 Å². The van der Waals surface area contributed by atoms with Crippen molar-refractivity contribution in [2.45, 2.75) is 19.9 Å². The van der Waals surface area contributed by atoms with Crippen molar-refractivity contribution in [1.29, 1.82) is 0 Å². The van der Waals surface area contributed by atoms with Crippen LogP contribution in [0.25, 0.3) is 0 Å². The molecule has 3 heterocycles. The SMILES string of the molecule is Cc1cccc(CN=Nc2cc(N3CCOCC3)nc(OCCc3ncccc3O)n2)c1. The van der Waals surface area contributed by atoms with Gasteiger partial charge in [0, 0.05) is 31.8 Å². The van der Waals surface area contributed by atoms with E-state index in [1.807, 2.05) is 31.2 Å². The number of aromatic nitrogens is 3. The van der Waals surface area contributed by atoms with Crippen LogP contribution in [0, 0.1) is 6.92 Å². The standard InChI is InChI=1S/C23H26N6O3/c1-17-4-2-5-18(14-17)16-25-28-21-15-22(29-9-12-31-13-10-29)27-23(26-21)32-11-7-19-20(30)6-3-8-24-19/h2-6,8,14-15,30H,7,9-13,16H2,1H3. The van der Waals surface area contributed by atoms with Gasteiger partial charge in [0.25, 0.3) is 0 Å². The zero-order chi connectivity index (χ0) is 22.2. The molecular weight excluding hydrogens is 408 g/mol. The first kappa shape index (κ1) is 21.6. The Labute approximate surface area is 186 Å². The molecule has 1 fully saturated rings. The number of rotatable bonds is 8. The zero-order valence-electron chi connectivity index (χ0n) is 18.0. The predicted octanol–water partition coefficient (Wildman–Crippen LogP) is 3.63. The van der Waals surface area contributed by atoms with Gasteiger partial charge in [0.15, 0.2) is 5.82 Å². The average molecular weight is 435 g/mol. The van der Waals surface area contributed by atoms with Crippen LogP contribution in [-0.4, -0.2) is 53.0 Å². The first-order chi connectivity index (χ1) is 15.7. The molecule has 3 aromatic rings. The van der Waals surface area contributed by atoms with Crippen molar-refractivity contribution in [3.05, 3.63) is 65.5 Å². The highest BCUT2D eigenvalue weighted by Gasteiger charge is 2.16. The van der Waals surface area contributed by atoms with Gasteiger partial charge in [-0.05, 0) is 24.6 Å². The molecule has 0 atom stereocenters. The topological polar surface area (TPSA) is 105 Å². The lowest BCUT2D eigenvalue weighted by atomic mass is 10.1. The third-order valence-corrected chi connectivity index (χ3v) is 4.96. The number of aryl methyl sites for hydroxylation is 1. The van der Waals surface area contributed by atoms with Crippen LogP contribution in [0.1, 0.15) is 16.8 Å². The normalized spacial score (nSPS) is 14.1. The highest BCUT2D eigenvalue weighted by atomic mass is 16.5. The second-order valence-corrected chi connectivity index (χ2v) is 7.42. The van der Waals surface area contributed by atoms with E-state index < -0.39 is 0 Å². The van der Waals surface area contributed by atoms with Gasteiger partial charge in [-0.1, -0.05) is 29.8 Å². The van der Waals surface area contributed by atoms with Gasteiger partial charge >= 0.3 is 6.01 Å². The van der Waals surface area contributed by atoms with E-state index in [4.69, 9.17) is 9.47 Å². The van der Waals surface area contributed by atoms with Crippen LogP contribution in [0.15, 0.2) is 58.9 Å². The largest absolute Gasteiger partial charge is 0.506 e. The van der Waals surface area contributed by atoms with Crippen molar-refractivity contribution in [2.24, 2.45) is 10.2 Å². The smallest absolute Gasteiger partial charge is 0.320 e. The average Bonchev–Trinajstić information content (AvgIpc) is 2.81. The minimum Gasteiger partial charge on any atom is -0.506 e. The van der Waals surface area contributed by atoms with Crippen molar-refractivity contribution >= 4 is 11.6 Å². The van der Waals surface area contributed by atoms with Crippen LogP contribution in [0.2, 0.25) is 0 Å². The van der Waals surface area contributed by atoms with Gasteiger partial charge in [0.1, 0.15) is 11.6 Å². The van der Waals surface area contributed by atoms with E-state index >= 15 is 0 Å².